The summed E-state index contributed by atoms with van der Waals surface area (Å²) in [4.78, 5) is 14.9. The molecule has 0 radical (unpaired) electrons. The molecule has 0 saturated heterocycles. The van der Waals surface area contributed by atoms with Crippen LogP contribution < -0.4 is 0 Å². The van der Waals surface area contributed by atoms with Crippen LogP contribution >= 0.6 is 11.6 Å². The largest absolute Gasteiger partial charge is 0.330 e. The molecule has 19 heavy (non-hydrogen) atoms. The fourth-order valence-electron chi connectivity index (χ4n) is 1.98. The first kappa shape index (κ1) is 13.5. The van der Waals surface area contributed by atoms with E-state index in [2.05, 4.69) is 4.98 Å². The second-order valence-corrected chi connectivity index (χ2v) is 5.03. The Morgan fingerprint density at radius 2 is 2.21 bits per heavy atom. The molecule has 0 spiro atoms. The van der Waals surface area contributed by atoms with Crippen LogP contribution in [0.1, 0.15) is 31.2 Å². The second-order valence-electron chi connectivity index (χ2n) is 4.60. The van der Waals surface area contributed by atoms with Gasteiger partial charge in [0.25, 0.3) is 5.69 Å². The van der Waals surface area contributed by atoms with Crippen LogP contribution in [0.25, 0.3) is 0 Å². The Labute approximate surface area is 116 Å². The van der Waals surface area contributed by atoms with Gasteiger partial charge in [-0.15, -0.1) is 0 Å². The molecule has 100 valence electrons. The van der Waals surface area contributed by atoms with E-state index in [0.717, 1.165) is 5.82 Å². The lowest BCUT2D eigenvalue weighted by molar-refractivity contribution is -0.385. The third kappa shape index (κ3) is 2.93. The van der Waals surface area contributed by atoms with Gasteiger partial charge in [-0.25, -0.2) is 4.98 Å². The van der Waals surface area contributed by atoms with Crippen molar-refractivity contribution in [3.8, 4) is 0 Å². The van der Waals surface area contributed by atoms with Crippen molar-refractivity contribution in [3.05, 3.63) is 57.1 Å². The van der Waals surface area contributed by atoms with Crippen LogP contribution in [0.15, 0.2) is 30.6 Å². The zero-order chi connectivity index (χ0) is 14.0. The molecular formula is C13H14ClN3O2. The predicted molar refractivity (Wildman–Crippen MR) is 73.5 cm³/mol. The quantitative estimate of drug-likeness (QED) is 0.634. The van der Waals surface area contributed by atoms with Crippen LogP contribution in [-0.2, 0) is 6.54 Å². The molecule has 2 rings (SSSR count). The van der Waals surface area contributed by atoms with Gasteiger partial charge in [0.2, 0.25) is 0 Å². The highest BCUT2D eigenvalue weighted by atomic mass is 35.5. The van der Waals surface area contributed by atoms with Crippen LogP contribution in [0.2, 0.25) is 5.02 Å². The van der Waals surface area contributed by atoms with Gasteiger partial charge < -0.3 is 4.57 Å². The van der Waals surface area contributed by atoms with E-state index in [1.54, 1.807) is 18.3 Å². The van der Waals surface area contributed by atoms with E-state index in [1.807, 2.05) is 24.6 Å². The third-order valence-electron chi connectivity index (χ3n) is 2.85. The Bertz CT molecular complexity index is 608. The SMILES string of the molecule is CC(C)c1nccn1Cc1ccc(Cl)cc1[N+](=O)[O-]. The smallest absolute Gasteiger partial charge is 0.275 e. The maximum atomic E-state index is 11.0. The van der Waals surface area contributed by atoms with Crippen molar-refractivity contribution in [2.75, 3.05) is 0 Å². The van der Waals surface area contributed by atoms with Crippen LogP contribution in [0.4, 0.5) is 5.69 Å². The number of rotatable bonds is 4. The van der Waals surface area contributed by atoms with E-state index in [-0.39, 0.29) is 11.6 Å². The molecule has 0 amide bonds. The van der Waals surface area contributed by atoms with Crippen molar-refractivity contribution >= 4 is 17.3 Å². The number of nitrogens with zero attached hydrogens (tertiary/aromatic N) is 3. The average Bonchev–Trinajstić information content (AvgIpc) is 2.79. The van der Waals surface area contributed by atoms with Crippen molar-refractivity contribution in [1.29, 1.82) is 0 Å². The van der Waals surface area contributed by atoms with Crippen LogP contribution in [0.3, 0.4) is 0 Å². The van der Waals surface area contributed by atoms with E-state index in [0.29, 0.717) is 17.1 Å². The fourth-order valence-corrected chi connectivity index (χ4v) is 2.15. The number of hydrogen-bond donors (Lipinski definition) is 0. The Morgan fingerprint density at radius 1 is 1.47 bits per heavy atom. The van der Waals surface area contributed by atoms with Crippen LogP contribution in [0, 0.1) is 10.1 Å². The lowest BCUT2D eigenvalue weighted by Gasteiger charge is -2.10. The van der Waals surface area contributed by atoms with E-state index in [1.165, 1.54) is 6.07 Å². The number of hydrogen-bond acceptors (Lipinski definition) is 3. The summed E-state index contributed by atoms with van der Waals surface area (Å²) in [6.07, 6.45) is 3.53. The normalized spacial score (nSPS) is 10.9. The van der Waals surface area contributed by atoms with E-state index in [4.69, 9.17) is 11.6 Å². The lowest BCUT2D eigenvalue weighted by Crippen LogP contribution is -2.07. The molecule has 0 aliphatic rings. The van der Waals surface area contributed by atoms with Gasteiger partial charge in [0.05, 0.1) is 11.5 Å². The minimum Gasteiger partial charge on any atom is -0.330 e. The van der Waals surface area contributed by atoms with Gasteiger partial charge in [-0.1, -0.05) is 25.4 Å². The Balaban J connectivity index is 2.38. The zero-order valence-corrected chi connectivity index (χ0v) is 11.5. The molecule has 1 aromatic carbocycles. The maximum Gasteiger partial charge on any atom is 0.275 e. The average molecular weight is 280 g/mol. The summed E-state index contributed by atoms with van der Waals surface area (Å²) in [5.74, 6) is 1.17. The summed E-state index contributed by atoms with van der Waals surface area (Å²) in [7, 11) is 0. The molecule has 2 aromatic rings. The monoisotopic (exact) mass is 279 g/mol. The molecule has 1 heterocycles. The first-order valence-corrected chi connectivity index (χ1v) is 6.30. The summed E-state index contributed by atoms with van der Waals surface area (Å²) < 4.78 is 1.92. The van der Waals surface area contributed by atoms with Gasteiger partial charge in [-0.2, -0.15) is 0 Å². The van der Waals surface area contributed by atoms with Crippen molar-refractivity contribution in [3.63, 3.8) is 0 Å². The summed E-state index contributed by atoms with van der Waals surface area (Å²) in [6.45, 7) is 4.49. The van der Waals surface area contributed by atoms with Gasteiger partial charge in [0, 0.05) is 35.0 Å². The highest BCUT2D eigenvalue weighted by molar-refractivity contribution is 6.30. The van der Waals surface area contributed by atoms with Crippen molar-refractivity contribution in [2.45, 2.75) is 26.3 Å². The van der Waals surface area contributed by atoms with Gasteiger partial charge in [-0.05, 0) is 12.1 Å². The lowest BCUT2D eigenvalue weighted by atomic mass is 10.1. The molecule has 6 heteroatoms. The zero-order valence-electron chi connectivity index (χ0n) is 10.7. The summed E-state index contributed by atoms with van der Waals surface area (Å²) >= 11 is 5.80. The van der Waals surface area contributed by atoms with Crippen molar-refractivity contribution in [2.24, 2.45) is 0 Å². The molecule has 0 aliphatic heterocycles. The Hall–Kier alpha value is -1.88. The van der Waals surface area contributed by atoms with Crippen molar-refractivity contribution in [1.82, 2.24) is 9.55 Å². The molecule has 1 aromatic heterocycles. The summed E-state index contributed by atoms with van der Waals surface area (Å²) in [6, 6.07) is 4.73. The molecule has 0 N–H and O–H groups in total. The molecule has 0 atom stereocenters. The highest BCUT2D eigenvalue weighted by Gasteiger charge is 2.16. The van der Waals surface area contributed by atoms with E-state index >= 15 is 0 Å². The van der Waals surface area contributed by atoms with E-state index in [9.17, 15) is 10.1 Å². The topological polar surface area (TPSA) is 61.0 Å². The minimum atomic E-state index is -0.410. The molecule has 5 nitrogen and oxygen atoms in total. The van der Waals surface area contributed by atoms with E-state index < -0.39 is 4.92 Å². The van der Waals surface area contributed by atoms with Crippen LogP contribution in [-0.4, -0.2) is 14.5 Å². The molecule has 0 saturated carbocycles. The molecule has 0 aliphatic carbocycles. The van der Waals surface area contributed by atoms with Gasteiger partial charge in [-0.3, -0.25) is 10.1 Å². The maximum absolute atomic E-state index is 11.0. The van der Waals surface area contributed by atoms with Crippen molar-refractivity contribution < 1.29 is 4.92 Å². The standard InChI is InChI=1S/C13H14ClN3O2/c1-9(2)13-15-5-6-16(13)8-10-3-4-11(14)7-12(10)17(18)19/h3-7,9H,8H2,1-2H3. The predicted octanol–water partition coefficient (Wildman–Crippen LogP) is 3.62. The number of imidazole rings is 1. The highest BCUT2D eigenvalue weighted by Crippen LogP contribution is 2.25. The number of aromatic nitrogens is 2. The number of benzene rings is 1. The fraction of sp³-hybridized carbons (Fsp3) is 0.308. The second kappa shape index (κ2) is 5.40. The van der Waals surface area contributed by atoms with Gasteiger partial charge >= 0.3 is 0 Å². The first-order valence-electron chi connectivity index (χ1n) is 5.93. The first-order chi connectivity index (χ1) is 8.99. The molecular weight excluding hydrogens is 266 g/mol. The van der Waals surface area contributed by atoms with Crippen LogP contribution in [0.5, 0.6) is 0 Å². The molecule has 0 fully saturated rings. The Kier molecular flexibility index (Phi) is 3.85. The number of nitro groups is 1. The third-order valence-corrected chi connectivity index (χ3v) is 3.08. The summed E-state index contributed by atoms with van der Waals surface area (Å²) in [5, 5.41) is 11.4. The molecule has 0 bridgehead atoms. The number of halogens is 1. The van der Waals surface area contributed by atoms with Gasteiger partial charge in [0.15, 0.2) is 0 Å². The Morgan fingerprint density at radius 3 is 2.84 bits per heavy atom. The molecule has 0 unspecified atom stereocenters. The van der Waals surface area contributed by atoms with Gasteiger partial charge in [0.1, 0.15) is 5.82 Å². The number of nitro benzene ring substituents is 1. The summed E-state index contributed by atoms with van der Waals surface area (Å²) in [5.41, 5.74) is 0.658. The minimum absolute atomic E-state index is 0.0379.